The molecular formula is C22H26O2. The third-order valence-electron chi connectivity index (χ3n) is 5.31. The number of carbonyl (C=O) groups is 1. The normalized spacial score (nSPS) is 26.7. The quantitative estimate of drug-likeness (QED) is 0.564. The summed E-state index contributed by atoms with van der Waals surface area (Å²) in [6.07, 6.45) is 5.74. The van der Waals surface area contributed by atoms with Crippen LogP contribution in [0.2, 0.25) is 0 Å². The summed E-state index contributed by atoms with van der Waals surface area (Å²) in [5.74, 6) is 0.635. The number of hydrogen-bond acceptors (Lipinski definition) is 2. The molecular weight excluding hydrogens is 296 g/mol. The maximum atomic E-state index is 12.1. The molecule has 2 atom stereocenters. The van der Waals surface area contributed by atoms with Crippen molar-refractivity contribution in [2.75, 3.05) is 0 Å². The Morgan fingerprint density at radius 2 is 2.12 bits per heavy atom. The molecule has 0 spiro atoms. The van der Waals surface area contributed by atoms with Gasteiger partial charge < -0.3 is 4.74 Å². The van der Waals surface area contributed by atoms with Gasteiger partial charge in [-0.1, -0.05) is 50.8 Å². The summed E-state index contributed by atoms with van der Waals surface area (Å²) in [6.45, 7) is 12.3. The molecule has 0 aromatic heterocycles. The molecule has 0 saturated carbocycles. The number of allylic oxidation sites excluding steroid dienone is 3. The van der Waals surface area contributed by atoms with E-state index in [-0.39, 0.29) is 12.1 Å². The molecule has 2 nitrogen and oxygen atoms in total. The Bertz CT molecular complexity index is 749. The number of carbonyl (C=O) groups excluding carboxylic acids is 1. The average Bonchev–Trinajstić information content (AvgIpc) is 3.09. The fourth-order valence-electron chi connectivity index (χ4n) is 4.04. The van der Waals surface area contributed by atoms with E-state index in [0.717, 1.165) is 24.0 Å². The second-order valence-corrected chi connectivity index (χ2v) is 7.03. The lowest BCUT2D eigenvalue weighted by molar-refractivity contribution is -0.137. The largest absolute Gasteiger partial charge is 0.454 e. The molecule has 126 valence electrons. The van der Waals surface area contributed by atoms with E-state index in [2.05, 4.69) is 38.6 Å². The van der Waals surface area contributed by atoms with Crippen LogP contribution in [0.1, 0.15) is 62.6 Å². The Balaban J connectivity index is 2.08. The van der Waals surface area contributed by atoms with Gasteiger partial charge in [-0.25, -0.2) is 4.79 Å². The van der Waals surface area contributed by atoms with Gasteiger partial charge in [-0.2, -0.15) is 0 Å². The fraction of sp³-hybridized carbons (Fsp3) is 0.409. The van der Waals surface area contributed by atoms with Gasteiger partial charge >= 0.3 is 5.97 Å². The zero-order chi connectivity index (χ0) is 17.4. The fourth-order valence-corrected chi connectivity index (χ4v) is 4.04. The van der Waals surface area contributed by atoms with Crippen LogP contribution in [0.3, 0.4) is 0 Å². The van der Waals surface area contributed by atoms with Gasteiger partial charge in [0.1, 0.15) is 6.10 Å². The Morgan fingerprint density at radius 1 is 1.38 bits per heavy atom. The number of esters is 1. The molecule has 2 unspecified atom stereocenters. The van der Waals surface area contributed by atoms with Crippen molar-refractivity contribution in [1.82, 2.24) is 0 Å². The van der Waals surface area contributed by atoms with E-state index < -0.39 is 0 Å². The summed E-state index contributed by atoms with van der Waals surface area (Å²) in [5, 5.41) is 0. The van der Waals surface area contributed by atoms with Crippen molar-refractivity contribution < 1.29 is 9.53 Å². The molecule has 0 radical (unpaired) electrons. The van der Waals surface area contributed by atoms with E-state index in [1.807, 2.05) is 26.0 Å². The topological polar surface area (TPSA) is 26.3 Å². The Hall–Kier alpha value is -2.09. The third kappa shape index (κ3) is 2.64. The van der Waals surface area contributed by atoms with Crippen LogP contribution in [0.25, 0.3) is 0 Å². The molecule has 24 heavy (non-hydrogen) atoms. The highest BCUT2D eigenvalue weighted by Crippen LogP contribution is 2.44. The van der Waals surface area contributed by atoms with Gasteiger partial charge in [0.2, 0.25) is 0 Å². The van der Waals surface area contributed by atoms with E-state index in [9.17, 15) is 4.79 Å². The second kappa shape index (κ2) is 6.43. The van der Waals surface area contributed by atoms with E-state index in [4.69, 9.17) is 4.74 Å². The van der Waals surface area contributed by atoms with Crippen LogP contribution in [0.5, 0.6) is 0 Å². The average molecular weight is 322 g/mol. The standard InChI is InChI=1S/C22H26O2/c1-6-17(21-14(5)24-22(23)18(21)7-2)20-11-9-16-12-15(13(3)4)8-10-19(16)20/h6-8,10,12-14,20H,1,9,11H2,2-5H3/b18-7+,21-17+. The molecule has 1 fully saturated rings. The van der Waals surface area contributed by atoms with Gasteiger partial charge in [-0.15, -0.1) is 0 Å². The summed E-state index contributed by atoms with van der Waals surface area (Å²) < 4.78 is 5.45. The van der Waals surface area contributed by atoms with Crippen LogP contribution in [0.15, 0.2) is 53.6 Å². The molecule has 1 saturated heterocycles. The molecule has 0 N–H and O–H groups in total. The lowest BCUT2D eigenvalue weighted by Gasteiger charge is -2.18. The Morgan fingerprint density at radius 3 is 2.75 bits per heavy atom. The number of cyclic esters (lactones) is 1. The lowest BCUT2D eigenvalue weighted by Crippen LogP contribution is -2.08. The Kier molecular flexibility index (Phi) is 4.49. The first-order chi connectivity index (χ1) is 11.5. The zero-order valence-corrected chi connectivity index (χ0v) is 15.1. The van der Waals surface area contributed by atoms with Crippen LogP contribution >= 0.6 is 0 Å². The van der Waals surface area contributed by atoms with E-state index in [0.29, 0.717) is 17.4 Å². The smallest absolute Gasteiger partial charge is 0.338 e. The maximum Gasteiger partial charge on any atom is 0.338 e. The van der Waals surface area contributed by atoms with Crippen molar-refractivity contribution in [3.05, 3.63) is 70.3 Å². The second-order valence-electron chi connectivity index (χ2n) is 7.03. The van der Waals surface area contributed by atoms with Crippen molar-refractivity contribution in [3.8, 4) is 0 Å². The molecule has 3 rings (SSSR count). The lowest BCUT2D eigenvalue weighted by atomic mass is 9.85. The van der Waals surface area contributed by atoms with Gasteiger partial charge in [-0.3, -0.25) is 0 Å². The van der Waals surface area contributed by atoms with Crippen molar-refractivity contribution >= 4 is 5.97 Å². The third-order valence-corrected chi connectivity index (χ3v) is 5.31. The van der Waals surface area contributed by atoms with Crippen molar-refractivity contribution in [2.45, 2.75) is 58.5 Å². The monoisotopic (exact) mass is 322 g/mol. The summed E-state index contributed by atoms with van der Waals surface area (Å²) in [4.78, 5) is 12.1. The minimum atomic E-state index is -0.215. The van der Waals surface area contributed by atoms with E-state index >= 15 is 0 Å². The summed E-state index contributed by atoms with van der Waals surface area (Å²) in [7, 11) is 0. The van der Waals surface area contributed by atoms with Crippen LogP contribution in [0, 0.1) is 0 Å². The predicted molar refractivity (Wildman–Crippen MR) is 98.1 cm³/mol. The number of benzene rings is 1. The van der Waals surface area contributed by atoms with Crippen LogP contribution < -0.4 is 0 Å². The predicted octanol–water partition coefficient (Wildman–Crippen LogP) is 5.21. The minimum absolute atomic E-state index is 0.198. The molecule has 2 heteroatoms. The van der Waals surface area contributed by atoms with Crippen LogP contribution in [-0.2, 0) is 16.0 Å². The van der Waals surface area contributed by atoms with Gasteiger partial charge in [-0.05, 0) is 54.9 Å². The SMILES string of the molecule is C=C/C(=C1\C(=C/C)C(=O)OC1C)C1CCc2cc(C(C)C)ccc21. The molecule has 1 aliphatic heterocycles. The first-order valence-corrected chi connectivity index (χ1v) is 8.84. The van der Waals surface area contributed by atoms with Gasteiger partial charge in [0.15, 0.2) is 0 Å². The number of hydrogen-bond donors (Lipinski definition) is 0. The number of rotatable bonds is 3. The molecule has 0 amide bonds. The number of aryl methyl sites for hydroxylation is 1. The molecule has 0 bridgehead atoms. The number of ether oxygens (including phenoxy) is 1. The Labute approximate surface area is 144 Å². The van der Waals surface area contributed by atoms with Crippen molar-refractivity contribution in [3.63, 3.8) is 0 Å². The molecule has 2 aliphatic rings. The van der Waals surface area contributed by atoms with E-state index in [1.54, 1.807) is 0 Å². The van der Waals surface area contributed by atoms with Crippen molar-refractivity contribution in [1.29, 1.82) is 0 Å². The van der Waals surface area contributed by atoms with E-state index in [1.165, 1.54) is 16.7 Å². The first-order valence-electron chi connectivity index (χ1n) is 8.84. The van der Waals surface area contributed by atoms with Crippen molar-refractivity contribution in [2.24, 2.45) is 0 Å². The summed E-state index contributed by atoms with van der Waals surface area (Å²) in [5.41, 5.74) is 7.07. The molecule has 1 aliphatic carbocycles. The summed E-state index contributed by atoms with van der Waals surface area (Å²) in [6, 6.07) is 6.86. The highest BCUT2D eigenvalue weighted by Gasteiger charge is 2.36. The van der Waals surface area contributed by atoms with Gasteiger partial charge in [0.25, 0.3) is 0 Å². The maximum absolute atomic E-state index is 12.1. The summed E-state index contributed by atoms with van der Waals surface area (Å²) >= 11 is 0. The molecule has 1 aromatic carbocycles. The van der Waals surface area contributed by atoms with Gasteiger partial charge in [0, 0.05) is 11.5 Å². The number of fused-ring (bicyclic) bond motifs is 1. The van der Waals surface area contributed by atoms with Gasteiger partial charge in [0.05, 0.1) is 5.57 Å². The highest BCUT2D eigenvalue weighted by atomic mass is 16.5. The van der Waals surface area contributed by atoms with Crippen LogP contribution in [0.4, 0.5) is 0 Å². The first kappa shape index (κ1) is 16.8. The minimum Gasteiger partial charge on any atom is -0.454 e. The molecule has 1 aromatic rings. The highest BCUT2D eigenvalue weighted by molar-refractivity contribution is 5.97. The molecule has 1 heterocycles. The zero-order valence-electron chi connectivity index (χ0n) is 15.1. The van der Waals surface area contributed by atoms with Crippen LogP contribution in [-0.4, -0.2) is 12.1 Å².